The van der Waals surface area contributed by atoms with E-state index in [0.717, 1.165) is 39.7 Å². The van der Waals surface area contributed by atoms with E-state index in [9.17, 15) is 9.59 Å². The molecule has 1 amide bonds. The summed E-state index contributed by atoms with van der Waals surface area (Å²) in [5, 5.41) is 0.728. The molecule has 2 N–H and O–H groups in total. The van der Waals surface area contributed by atoms with Gasteiger partial charge in [0.25, 0.3) is 5.91 Å². The number of rotatable bonds is 4. The highest BCUT2D eigenvalue weighted by Gasteiger charge is 2.27. The second kappa shape index (κ2) is 7.99. The van der Waals surface area contributed by atoms with Crippen molar-refractivity contribution in [1.82, 2.24) is 4.98 Å². The van der Waals surface area contributed by atoms with Crippen molar-refractivity contribution in [3.8, 4) is 0 Å². The fraction of sp³-hybridized carbons (Fsp3) is 0.269. The molecule has 0 bridgehead atoms. The molecule has 0 unspecified atom stereocenters. The molecular weight excluding hydrogens is 388 g/mol. The summed E-state index contributed by atoms with van der Waals surface area (Å²) >= 11 is 0. The Bertz CT molecular complexity index is 1200. The summed E-state index contributed by atoms with van der Waals surface area (Å²) in [6.07, 6.45) is 3.62. The summed E-state index contributed by atoms with van der Waals surface area (Å²) in [6, 6.07) is 16.0. The Morgan fingerprint density at radius 2 is 1.77 bits per heavy atom. The van der Waals surface area contributed by atoms with Crippen molar-refractivity contribution in [2.24, 2.45) is 5.73 Å². The van der Waals surface area contributed by atoms with Crippen molar-refractivity contribution in [3.63, 3.8) is 0 Å². The average molecular weight is 415 g/mol. The number of hydrogen-bond donors (Lipinski definition) is 1. The van der Waals surface area contributed by atoms with E-state index in [2.05, 4.69) is 51.1 Å². The highest BCUT2D eigenvalue weighted by Crippen LogP contribution is 2.38. The van der Waals surface area contributed by atoms with Gasteiger partial charge in [0.2, 0.25) is 0 Å². The molecule has 2 aromatic carbocycles. The zero-order valence-electron chi connectivity index (χ0n) is 18.1. The number of benzene rings is 2. The Morgan fingerprint density at radius 1 is 1.06 bits per heavy atom. The molecule has 158 valence electrons. The van der Waals surface area contributed by atoms with Gasteiger partial charge in [-0.05, 0) is 52.7 Å². The van der Waals surface area contributed by atoms with E-state index in [1.807, 2.05) is 24.3 Å². The molecule has 0 saturated heterocycles. The Morgan fingerprint density at radius 3 is 2.45 bits per heavy atom. The van der Waals surface area contributed by atoms with Crippen LogP contribution in [0.3, 0.4) is 0 Å². The molecule has 0 atom stereocenters. The van der Waals surface area contributed by atoms with Gasteiger partial charge in [-0.3, -0.25) is 4.79 Å². The molecule has 1 heterocycles. The summed E-state index contributed by atoms with van der Waals surface area (Å²) < 4.78 is 5.16. The third-order valence-corrected chi connectivity index (χ3v) is 5.61. The van der Waals surface area contributed by atoms with Gasteiger partial charge in [0.1, 0.15) is 0 Å². The van der Waals surface area contributed by atoms with E-state index in [4.69, 9.17) is 15.5 Å². The number of nitrogens with zero attached hydrogens (tertiary/aromatic N) is 1. The summed E-state index contributed by atoms with van der Waals surface area (Å²) in [6.45, 7) is 6.15. The van der Waals surface area contributed by atoms with Gasteiger partial charge in [-0.1, -0.05) is 63.2 Å². The number of allylic oxidation sites excluding steroid dienone is 1. The lowest BCUT2D eigenvalue weighted by Gasteiger charge is -2.18. The largest absolute Gasteiger partial charge is 0.452 e. The van der Waals surface area contributed by atoms with Crippen molar-refractivity contribution < 1.29 is 14.3 Å². The van der Waals surface area contributed by atoms with E-state index in [0.29, 0.717) is 12.0 Å². The zero-order valence-corrected chi connectivity index (χ0v) is 18.1. The smallest absolute Gasteiger partial charge is 0.339 e. The topological polar surface area (TPSA) is 82.3 Å². The van der Waals surface area contributed by atoms with Crippen LogP contribution in [-0.2, 0) is 21.4 Å². The second-order valence-corrected chi connectivity index (χ2v) is 8.92. The Kier molecular flexibility index (Phi) is 5.36. The Balaban J connectivity index is 1.77. The number of ether oxygens (including phenoxy) is 1. The van der Waals surface area contributed by atoms with Gasteiger partial charge in [-0.15, -0.1) is 0 Å². The van der Waals surface area contributed by atoms with Crippen LogP contribution in [-0.4, -0.2) is 23.5 Å². The number of hydrogen-bond acceptors (Lipinski definition) is 4. The molecule has 1 aliphatic rings. The number of para-hydroxylation sites is 1. The lowest BCUT2D eigenvalue weighted by Crippen LogP contribution is -2.21. The summed E-state index contributed by atoms with van der Waals surface area (Å²) in [7, 11) is 0. The number of pyridine rings is 1. The average Bonchev–Trinajstić information content (AvgIpc) is 3.12. The molecule has 0 radical (unpaired) electrons. The van der Waals surface area contributed by atoms with Crippen LogP contribution < -0.4 is 5.73 Å². The van der Waals surface area contributed by atoms with Crippen molar-refractivity contribution in [2.45, 2.75) is 39.0 Å². The van der Waals surface area contributed by atoms with Crippen LogP contribution in [0.15, 0.2) is 48.5 Å². The minimum Gasteiger partial charge on any atom is -0.452 e. The molecule has 0 saturated carbocycles. The van der Waals surface area contributed by atoms with Gasteiger partial charge < -0.3 is 10.5 Å². The molecule has 0 fully saturated rings. The fourth-order valence-corrected chi connectivity index (χ4v) is 4.00. The lowest BCUT2D eigenvalue weighted by atomic mass is 9.86. The van der Waals surface area contributed by atoms with Gasteiger partial charge in [0, 0.05) is 5.39 Å². The van der Waals surface area contributed by atoms with Gasteiger partial charge >= 0.3 is 5.97 Å². The molecule has 4 rings (SSSR count). The van der Waals surface area contributed by atoms with Crippen molar-refractivity contribution >= 4 is 34.4 Å². The number of carbonyl (C=O) groups excluding carboxylic acids is 2. The first kappa shape index (κ1) is 20.8. The molecule has 31 heavy (non-hydrogen) atoms. The number of nitrogens with two attached hydrogens (primary N) is 1. The predicted molar refractivity (Wildman–Crippen MR) is 123 cm³/mol. The van der Waals surface area contributed by atoms with Crippen LogP contribution >= 0.6 is 0 Å². The highest BCUT2D eigenvalue weighted by molar-refractivity contribution is 6.07. The first-order valence-electron chi connectivity index (χ1n) is 10.4. The van der Waals surface area contributed by atoms with Crippen molar-refractivity contribution in [2.75, 3.05) is 6.61 Å². The maximum Gasteiger partial charge on any atom is 0.339 e. The van der Waals surface area contributed by atoms with Gasteiger partial charge in [0.05, 0.1) is 16.8 Å². The van der Waals surface area contributed by atoms with E-state index in [1.165, 1.54) is 5.56 Å². The maximum atomic E-state index is 12.8. The van der Waals surface area contributed by atoms with Crippen LogP contribution in [0, 0.1) is 0 Å². The van der Waals surface area contributed by atoms with Gasteiger partial charge in [-0.25, -0.2) is 9.78 Å². The predicted octanol–water partition coefficient (Wildman–Crippen LogP) is 4.66. The number of carbonyl (C=O) groups is 2. The second-order valence-electron chi connectivity index (χ2n) is 8.92. The molecule has 3 aromatic rings. The molecule has 5 nitrogen and oxygen atoms in total. The molecule has 5 heteroatoms. The molecule has 0 spiro atoms. The summed E-state index contributed by atoms with van der Waals surface area (Å²) in [5.74, 6) is -1.22. The summed E-state index contributed by atoms with van der Waals surface area (Å²) in [4.78, 5) is 28.8. The van der Waals surface area contributed by atoms with E-state index < -0.39 is 18.5 Å². The lowest BCUT2D eigenvalue weighted by molar-refractivity contribution is -0.121. The van der Waals surface area contributed by atoms with Crippen LogP contribution in [0.5, 0.6) is 0 Å². The first-order chi connectivity index (χ1) is 14.7. The fourth-order valence-electron chi connectivity index (χ4n) is 4.00. The van der Waals surface area contributed by atoms with Crippen LogP contribution in [0.1, 0.15) is 59.9 Å². The SMILES string of the molecule is CC(C)(C)c1ccc(/C=C2/CCc3c2nc2ccccc2c3C(=O)OCC(N)=O)cc1. The molecular formula is C26H26N2O3. The van der Waals surface area contributed by atoms with Gasteiger partial charge in [-0.2, -0.15) is 0 Å². The highest BCUT2D eigenvalue weighted by atomic mass is 16.5. The standard InChI is InChI=1S/C26H26N2O3/c1-26(2,3)18-11-8-16(9-12-18)14-17-10-13-20-23(25(30)31-15-22(27)29)19-6-4-5-7-21(19)28-24(17)20/h4-9,11-12,14H,10,13,15H2,1-3H3,(H2,27,29)/b17-14-. The third kappa shape index (κ3) is 4.22. The summed E-state index contributed by atoms with van der Waals surface area (Å²) in [5.41, 5.74) is 11.6. The quantitative estimate of drug-likeness (QED) is 0.630. The van der Waals surface area contributed by atoms with E-state index in [-0.39, 0.29) is 5.41 Å². The third-order valence-electron chi connectivity index (χ3n) is 5.61. The minimum absolute atomic E-state index is 0.103. The van der Waals surface area contributed by atoms with Gasteiger partial charge in [0.15, 0.2) is 6.61 Å². The van der Waals surface area contributed by atoms with Crippen LogP contribution in [0.2, 0.25) is 0 Å². The Hall–Kier alpha value is -3.47. The van der Waals surface area contributed by atoms with Crippen LogP contribution in [0.25, 0.3) is 22.6 Å². The van der Waals surface area contributed by atoms with Crippen molar-refractivity contribution in [3.05, 3.63) is 76.5 Å². The maximum absolute atomic E-state index is 12.8. The van der Waals surface area contributed by atoms with E-state index in [1.54, 1.807) is 0 Å². The number of primary amides is 1. The molecule has 1 aromatic heterocycles. The van der Waals surface area contributed by atoms with Crippen LogP contribution in [0.4, 0.5) is 0 Å². The number of esters is 1. The molecule has 1 aliphatic carbocycles. The number of aromatic nitrogens is 1. The normalized spacial score (nSPS) is 14.6. The number of fused-ring (bicyclic) bond motifs is 2. The monoisotopic (exact) mass is 414 g/mol. The van der Waals surface area contributed by atoms with Crippen molar-refractivity contribution in [1.29, 1.82) is 0 Å². The van der Waals surface area contributed by atoms with E-state index >= 15 is 0 Å². The minimum atomic E-state index is -0.678. The number of amides is 1. The Labute approximate surface area is 181 Å². The first-order valence-corrected chi connectivity index (χ1v) is 10.4. The molecule has 0 aliphatic heterocycles. The zero-order chi connectivity index (χ0) is 22.2.